The van der Waals surface area contributed by atoms with Crippen LogP contribution >= 0.6 is 23.2 Å². The van der Waals surface area contributed by atoms with Gasteiger partial charge in [-0.05, 0) is 48.5 Å². The molecular weight excluding hydrogens is 729 g/mol. The van der Waals surface area contributed by atoms with Crippen LogP contribution in [-0.4, -0.2) is 107 Å². The number of alkyl halides is 2. The van der Waals surface area contributed by atoms with Crippen molar-refractivity contribution in [1.29, 1.82) is 0 Å². The van der Waals surface area contributed by atoms with Gasteiger partial charge in [-0.2, -0.15) is 0 Å². The summed E-state index contributed by atoms with van der Waals surface area (Å²) in [5, 5.41) is 7.38. The Labute approximate surface area is 313 Å². The molecule has 3 aromatic rings. The SMILES string of the molecule is NCCO.[2H]C([2H])(N)C1(F)CCN(C(=O)c2ccc(F)c(Cl)c2)CC1.[2H]C([2H])(N1C(=O)c2ccccc2C1=O)C1(F)CCN(C(=O)c2ccc(F)c(Cl)c2)CC1. The molecular formula is C36H39Cl2F4N5O5. The first-order valence-corrected chi connectivity index (χ1v) is 16.8. The van der Waals surface area contributed by atoms with Gasteiger partial charge in [0.1, 0.15) is 23.0 Å². The molecule has 280 valence electrons. The highest BCUT2D eigenvalue weighted by atomic mass is 35.5. The van der Waals surface area contributed by atoms with Crippen molar-refractivity contribution in [3.8, 4) is 0 Å². The lowest BCUT2D eigenvalue weighted by molar-refractivity contribution is 0.0215. The highest BCUT2D eigenvalue weighted by molar-refractivity contribution is 6.31. The quantitative estimate of drug-likeness (QED) is 0.235. The lowest BCUT2D eigenvalue weighted by Crippen LogP contribution is -2.50. The fraction of sp³-hybridized carbons (Fsp3) is 0.389. The summed E-state index contributed by atoms with van der Waals surface area (Å²) in [6, 6.07) is 13.0. The lowest BCUT2D eigenvalue weighted by Gasteiger charge is -2.38. The van der Waals surface area contributed by atoms with Gasteiger partial charge < -0.3 is 26.4 Å². The minimum Gasteiger partial charge on any atom is -0.395 e. The van der Waals surface area contributed by atoms with Crippen LogP contribution in [0.15, 0.2) is 60.7 Å². The molecule has 5 N–H and O–H groups in total. The van der Waals surface area contributed by atoms with Gasteiger partial charge in [-0.25, -0.2) is 17.6 Å². The maximum Gasteiger partial charge on any atom is 0.261 e. The van der Waals surface area contributed by atoms with Crippen LogP contribution in [0.5, 0.6) is 0 Å². The molecule has 3 heterocycles. The second-order valence-corrected chi connectivity index (χ2v) is 12.8. The molecule has 0 spiro atoms. The number of hydrogen-bond acceptors (Lipinski definition) is 7. The molecule has 0 saturated carbocycles. The van der Waals surface area contributed by atoms with E-state index in [-0.39, 0.29) is 77.9 Å². The Morgan fingerprint density at radius 1 is 0.750 bits per heavy atom. The van der Waals surface area contributed by atoms with Crippen LogP contribution in [0.1, 0.15) is 72.6 Å². The molecule has 2 saturated heterocycles. The summed E-state index contributed by atoms with van der Waals surface area (Å²) in [5.41, 5.74) is 5.69. The number of carbonyl (C=O) groups is 4. The van der Waals surface area contributed by atoms with E-state index in [0.29, 0.717) is 11.4 Å². The molecule has 3 aliphatic heterocycles. The van der Waals surface area contributed by atoms with Gasteiger partial charge in [0, 0.05) is 78.8 Å². The van der Waals surface area contributed by atoms with E-state index < -0.39 is 72.4 Å². The number of piperidine rings is 2. The number of benzene rings is 3. The van der Waals surface area contributed by atoms with Gasteiger partial charge in [-0.3, -0.25) is 24.1 Å². The Hall–Kier alpha value is -4.08. The molecule has 6 rings (SSSR count). The number of amides is 4. The monoisotopic (exact) mass is 771 g/mol. The van der Waals surface area contributed by atoms with E-state index in [2.05, 4.69) is 0 Å². The average molecular weight is 773 g/mol. The molecule has 10 nitrogen and oxygen atoms in total. The van der Waals surface area contributed by atoms with Crippen molar-refractivity contribution < 1.29 is 47.3 Å². The number of aliphatic hydroxyl groups is 1. The predicted octanol–water partition coefficient (Wildman–Crippen LogP) is 5.04. The van der Waals surface area contributed by atoms with Crippen LogP contribution in [0.2, 0.25) is 10.0 Å². The summed E-state index contributed by atoms with van der Waals surface area (Å²) in [4.78, 5) is 53.2. The Morgan fingerprint density at radius 3 is 1.48 bits per heavy atom. The molecule has 0 aromatic heterocycles. The first-order valence-electron chi connectivity index (χ1n) is 18.1. The van der Waals surface area contributed by atoms with Crippen LogP contribution in [-0.2, 0) is 0 Å². The topological polar surface area (TPSA) is 150 Å². The number of fused-ring (bicyclic) bond motifs is 1. The van der Waals surface area contributed by atoms with E-state index in [1.807, 2.05) is 0 Å². The maximum absolute atomic E-state index is 15.8. The number of rotatable bonds is 6. The molecule has 0 aliphatic carbocycles. The van der Waals surface area contributed by atoms with Crippen molar-refractivity contribution in [1.82, 2.24) is 14.7 Å². The van der Waals surface area contributed by atoms with Gasteiger partial charge in [0.2, 0.25) is 0 Å². The summed E-state index contributed by atoms with van der Waals surface area (Å²) >= 11 is 11.3. The highest BCUT2D eigenvalue weighted by Crippen LogP contribution is 2.33. The van der Waals surface area contributed by atoms with Crippen molar-refractivity contribution in [2.24, 2.45) is 11.5 Å². The third-order valence-corrected chi connectivity index (χ3v) is 9.09. The van der Waals surface area contributed by atoms with E-state index in [1.165, 1.54) is 46.2 Å². The largest absolute Gasteiger partial charge is 0.395 e. The Kier molecular flexibility index (Phi) is 11.9. The van der Waals surface area contributed by atoms with Crippen LogP contribution in [0, 0.1) is 11.6 Å². The minimum atomic E-state index is -2.91. The molecule has 0 unspecified atom stereocenters. The van der Waals surface area contributed by atoms with Crippen LogP contribution in [0.3, 0.4) is 0 Å². The van der Waals surface area contributed by atoms with Crippen LogP contribution in [0.25, 0.3) is 0 Å². The Balaban J connectivity index is 0.000000241. The number of carbonyl (C=O) groups excluding carboxylic acids is 4. The third-order valence-electron chi connectivity index (χ3n) is 8.51. The second kappa shape index (κ2) is 17.6. The van der Waals surface area contributed by atoms with E-state index in [4.69, 9.17) is 45.3 Å². The Morgan fingerprint density at radius 2 is 1.13 bits per heavy atom. The standard InChI is InChI=1S/C21H17ClF2N2O3.C13H15ClF2N2O.C2H7NO/c22-16-11-13(5-6-17(16)23)18(27)25-9-7-21(24,8-10-25)12-26-19(28)14-3-1-2-4-15(14)20(26)29;14-10-7-9(1-2-11(10)15)12(19)18-5-3-13(16,8-17)4-6-18;3-1-2-4/h1-6,11H,7-10,12H2;1-2,7H,3-6,8,17H2;4H,1-3H2/i12D2;8D2;. The zero-order valence-corrected chi connectivity index (χ0v) is 29.2. The van der Waals surface area contributed by atoms with E-state index >= 15 is 4.39 Å². The summed E-state index contributed by atoms with van der Waals surface area (Å²) in [6.07, 6.45) is -1.21. The smallest absolute Gasteiger partial charge is 0.261 e. The normalized spacial score (nSPS) is 19.1. The van der Waals surface area contributed by atoms with Crippen LogP contribution < -0.4 is 11.5 Å². The minimum absolute atomic E-state index is 0.0285. The van der Waals surface area contributed by atoms with Crippen molar-refractivity contribution >= 4 is 46.8 Å². The van der Waals surface area contributed by atoms with E-state index in [0.717, 1.165) is 12.1 Å². The number of halogens is 6. The molecule has 4 amide bonds. The molecule has 0 radical (unpaired) electrons. The highest BCUT2D eigenvalue weighted by Gasteiger charge is 2.44. The van der Waals surface area contributed by atoms with Crippen molar-refractivity contribution in [3.05, 3.63) is 105 Å². The number of nitrogens with two attached hydrogens (primary N) is 2. The predicted molar refractivity (Wildman–Crippen MR) is 188 cm³/mol. The lowest BCUT2D eigenvalue weighted by atomic mass is 9.92. The molecule has 52 heavy (non-hydrogen) atoms. The first kappa shape index (κ1) is 35.0. The van der Waals surface area contributed by atoms with Gasteiger partial charge in [-0.15, -0.1) is 0 Å². The van der Waals surface area contributed by atoms with Crippen molar-refractivity contribution in [3.63, 3.8) is 0 Å². The third kappa shape index (κ3) is 9.66. The molecule has 2 fully saturated rings. The first-order chi connectivity index (χ1) is 26.1. The summed E-state index contributed by atoms with van der Waals surface area (Å²) in [6.45, 7) is -5.09. The zero-order chi connectivity index (χ0) is 41.8. The summed E-state index contributed by atoms with van der Waals surface area (Å²) in [5.74, 6) is -3.95. The van der Waals surface area contributed by atoms with Gasteiger partial charge in [0.25, 0.3) is 23.6 Å². The number of imide groups is 1. The molecule has 0 atom stereocenters. The Bertz CT molecular complexity index is 1930. The zero-order valence-electron chi connectivity index (χ0n) is 31.7. The fourth-order valence-corrected chi connectivity index (χ4v) is 5.86. The van der Waals surface area contributed by atoms with Crippen molar-refractivity contribution in [2.45, 2.75) is 37.0 Å². The molecule has 3 aromatic carbocycles. The fourth-order valence-electron chi connectivity index (χ4n) is 5.50. The number of hydrogen-bond donors (Lipinski definition) is 3. The second-order valence-electron chi connectivity index (χ2n) is 12.0. The number of aliphatic hydroxyl groups excluding tert-OH is 1. The van der Waals surface area contributed by atoms with Crippen LogP contribution in [0.4, 0.5) is 17.6 Å². The molecule has 0 bridgehead atoms. The summed E-state index contributed by atoms with van der Waals surface area (Å²) in [7, 11) is 0. The maximum atomic E-state index is 15.8. The number of nitrogens with zero attached hydrogens (tertiary/aromatic N) is 3. The van der Waals surface area contributed by atoms with Gasteiger partial charge >= 0.3 is 0 Å². The molecule has 3 aliphatic rings. The average Bonchev–Trinajstić information content (AvgIpc) is 3.43. The number of likely N-dealkylation sites (tertiary alicyclic amines) is 2. The van der Waals surface area contributed by atoms with E-state index in [9.17, 15) is 32.3 Å². The summed E-state index contributed by atoms with van der Waals surface area (Å²) < 4.78 is 87.9. The molecule has 16 heteroatoms. The van der Waals surface area contributed by atoms with Gasteiger partial charge in [-0.1, -0.05) is 35.3 Å². The van der Waals surface area contributed by atoms with Gasteiger partial charge in [0.05, 0.1) is 37.0 Å². The van der Waals surface area contributed by atoms with Crippen molar-refractivity contribution in [2.75, 3.05) is 52.3 Å². The van der Waals surface area contributed by atoms with Gasteiger partial charge in [0.15, 0.2) is 0 Å². The van der Waals surface area contributed by atoms with E-state index in [1.54, 1.807) is 12.1 Å².